The first-order valence-corrected chi connectivity index (χ1v) is 7.85. The van der Waals surface area contributed by atoms with E-state index in [4.69, 9.17) is 0 Å². The van der Waals surface area contributed by atoms with Crippen LogP contribution in [0.5, 0.6) is 0 Å². The van der Waals surface area contributed by atoms with Gasteiger partial charge >= 0.3 is 0 Å². The van der Waals surface area contributed by atoms with Gasteiger partial charge in [0.15, 0.2) is 0 Å². The smallest absolute Gasteiger partial charge is 0.0165 e. The van der Waals surface area contributed by atoms with E-state index >= 15 is 0 Å². The summed E-state index contributed by atoms with van der Waals surface area (Å²) in [6.07, 6.45) is 12.1. The van der Waals surface area contributed by atoms with Crippen molar-refractivity contribution in [1.82, 2.24) is 4.90 Å². The molecule has 0 spiro atoms. The molecule has 18 heavy (non-hydrogen) atoms. The van der Waals surface area contributed by atoms with E-state index in [0.717, 1.165) is 0 Å². The first kappa shape index (κ1) is 15.8. The van der Waals surface area contributed by atoms with Crippen molar-refractivity contribution in [3.8, 4) is 0 Å². The van der Waals surface area contributed by atoms with Crippen molar-refractivity contribution < 1.29 is 0 Å². The van der Waals surface area contributed by atoms with Crippen LogP contribution in [0.15, 0.2) is 11.6 Å². The molecule has 0 atom stereocenters. The highest BCUT2D eigenvalue weighted by atomic mass is 15.1. The first-order chi connectivity index (χ1) is 8.47. The second-order valence-electron chi connectivity index (χ2n) is 7.18. The third kappa shape index (κ3) is 7.92. The second-order valence-corrected chi connectivity index (χ2v) is 7.18. The lowest BCUT2D eigenvalue weighted by Crippen LogP contribution is -2.29. The van der Waals surface area contributed by atoms with E-state index in [0.29, 0.717) is 5.41 Å². The van der Waals surface area contributed by atoms with Gasteiger partial charge in [0.05, 0.1) is 0 Å². The minimum Gasteiger partial charge on any atom is -0.299 e. The summed E-state index contributed by atoms with van der Waals surface area (Å²) in [5, 5.41) is 0. The van der Waals surface area contributed by atoms with Crippen molar-refractivity contribution in [3.05, 3.63) is 11.6 Å². The molecule has 0 N–H and O–H groups in total. The molecule has 0 aliphatic carbocycles. The van der Waals surface area contributed by atoms with Crippen LogP contribution in [0.25, 0.3) is 0 Å². The monoisotopic (exact) mass is 251 g/mol. The Balaban J connectivity index is 1.90. The number of hydrogen-bond acceptors (Lipinski definition) is 1. The van der Waals surface area contributed by atoms with E-state index in [1.54, 1.807) is 5.57 Å². The Hall–Kier alpha value is -0.300. The summed E-state index contributed by atoms with van der Waals surface area (Å²) in [5.41, 5.74) is 2.10. The SMILES string of the molecule is CC1=CCN(CCCCCCCC(C)(C)C)CC1. The lowest BCUT2D eigenvalue weighted by Gasteiger charge is -2.25. The third-order valence-corrected chi connectivity index (χ3v) is 3.92. The summed E-state index contributed by atoms with van der Waals surface area (Å²) in [7, 11) is 0. The number of unbranched alkanes of at least 4 members (excludes halogenated alkanes) is 4. The highest BCUT2D eigenvalue weighted by molar-refractivity contribution is 5.03. The van der Waals surface area contributed by atoms with Crippen molar-refractivity contribution in [2.75, 3.05) is 19.6 Å². The van der Waals surface area contributed by atoms with Crippen LogP contribution in [0, 0.1) is 5.41 Å². The summed E-state index contributed by atoms with van der Waals surface area (Å²) in [6.45, 7) is 13.1. The molecule has 106 valence electrons. The van der Waals surface area contributed by atoms with Crippen molar-refractivity contribution >= 4 is 0 Å². The van der Waals surface area contributed by atoms with Gasteiger partial charge in [0.25, 0.3) is 0 Å². The number of hydrogen-bond donors (Lipinski definition) is 0. The van der Waals surface area contributed by atoms with E-state index in [1.165, 1.54) is 64.6 Å². The van der Waals surface area contributed by atoms with Crippen LogP contribution in [0.3, 0.4) is 0 Å². The number of nitrogens with zero attached hydrogens (tertiary/aromatic N) is 1. The molecular weight excluding hydrogens is 218 g/mol. The third-order valence-electron chi connectivity index (χ3n) is 3.92. The molecule has 0 radical (unpaired) electrons. The maximum atomic E-state index is 2.60. The van der Waals surface area contributed by atoms with Crippen LogP contribution in [0.1, 0.15) is 72.6 Å². The molecule has 0 aromatic rings. The molecule has 1 heterocycles. The largest absolute Gasteiger partial charge is 0.299 e. The van der Waals surface area contributed by atoms with Gasteiger partial charge in [-0.05, 0) is 38.1 Å². The molecule has 1 nitrogen and oxygen atoms in total. The van der Waals surface area contributed by atoms with E-state index in [1.807, 2.05) is 0 Å². The van der Waals surface area contributed by atoms with Gasteiger partial charge in [0, 0.05) is 13.1 Å². The molecule has 0 aromatic heterocycles. The van der Waals surface area contributed by atoms with E-state index in [2.05, 4.69) is 38.7 Å². The summed E-state index contributed by atoms with van der Waals surface area (Å²) < 4.78 is 0. The van der Waals surface area contributed by atoms with Crippen molar-refractivity contribution in [2.24, 2.45) is 5.41 Å². The van der Waals surface area contributed by atoms with Gasteiger partial charge in [-0.3, -0.25) is 4.90 Å². The summed E-state index contributed by atoms with van der Waals surface area (Å²) in [4.78, 5) is 2.60. The lowest BCUT2D eigenvalue weighted by atomic mass is 9.89. The Morgan fingerprint density at radius 2 is 1.72 bits per heavy atom. The van der Waals surface area contributed by atoms with Gasteiger partial charge in [-0.25, -0.2) is 0 Å². The van der Waals surface area contributed by atoms with Gasteiger partial charge in [0.1, 0.15) is 0 Å². The van der Waals surface area contributed by atoms with Crippen LogP contribution in [-0.4, -0.2) is 24.5 Å². The predicted octanol–water partition coefficient (Wildman–Crippen LogP) is 5.03. The lowest BCUT2D eigenvalue weighted by molar-refractivity contribution is 0.285. The molecule has 0 aromatic carbocycles. The molecule has 1 aliphatic heterocycles. The molecule has 0 saturated heterocycles. The summed E-state index contributed by atoms with van der Waals surface area (Å²) in [5.74, 6) is 0. The molecule has 1 aliphatic rings. The average molecular weight is 251 g/mol. The average Bonchev–Trinajstić information content (AvgIpc) is 2.29. The molecular formula is C17H33N. The molecule has 0 saturated carbocycles. The molecule has 1 heteroatoms. The highest BCUT2D eigenvalue weighted by Crippen LogP contribution is 2.22. The Kier molecular flexibility index (Phi) is 6.99. The summed E-state index contributed by atoms with van der Waals surface area (Å²) in [6, 6.07) is 0. The maximum absolute atomic E-state index is 2.60. The van der Waals surface area contributed by atoms with Crippen LogP contribution in [0.2, 0.25) is 0 Å². The molecule has 0 amide bonds. The van der Waals surface area contributed by atoms with Crippen molar-refractivity contribution in [2.45, 2.75) is 72.6 Å². The minimum atomic E-state index is 0.526. The van der Waals surface area contributed by atoms with Gasteiger partial charge in [-0.15, -0.1) is 0 Å². The van der Waals surface area contributed by atoms with Crippen LogP contribution in [-0.2, 0) is 0 Å². The fraction of sp³-hybridized carbons (Fsp3) is 0.882. The van der Waals surface area contributed by atoms with Gasteiger partial charge < -0.3 is 0 Å². The Labute approximate surface area is 115 Å². The van der Waals surface area contributed by atoms with E-state index < -0.39 is 0 Å². The first-order valence-electron chi connectivity index (χ1n) is 7.85. The molecule has 0 fully saturated rings. The van der Waals surface area contributed by atoms with E-state index in [-0.39, 0.29) is 0 Å². The van der Waals surface area contributed by atoms with E-state index in [9.17, 15) is 0 Å². The Morgan fingerprint density at radius 3 is 2.33 bits per heavy atom. The molecule has 0 bridgehead atoms. The minimum absolute atomic E-state index is 0.526. The van der Waals surface area contributed by atoms with Crippen LogP contribution >= 0.6 is 0 Å². The fourth-order valence-electron chi connectivity index (χ4n) is 2.54. The summed E-state index contributed by atoms with van der Waals surface area (Å²) >= 11 is 0. The standard InChI is InChI=1S/C17H33N/c1-16-10-14-18(15-11-16)13-9-7-5-6-8-12-17(2,3)4/h10H,5-9,11-15H2,1-4H3. The zero-order chi connectivity index (χ0) is 13.4. The zero-order valence-electron chi connectivity index (χ0n) is 13.1. The van der Waals surface area contributed by atoms with Crippen molar-refractivity contribution in [3.63, 3.8) is 0 Å². The maximum Gasteiger partial charge on any atom is 0.0165 e. The molecule has 1 rings (SSSR count). The zero-order valence-corrected chi connectivity index (χ0v) is 13.1. The number of rotatable bonds is 7. The molecule has 0 unspecified atom stereocenters. The fourth-order valence-corrected chi connectivity index (χ4v) is 2.54. The van der Waals surface area contributed by atoms with Crippen molar-refractivity contribution in [1.29, 1.82) is 0 Å². The highest BCUT2D eigenvalue weighted by Gasteiger charge is 2.09. The van der Waals surface area contributed by atoms with Crippen LogP contribution < -0.4 is 0 Å². The topological polar surface area (TPSA) is 3.24 Å². The predicted molar refractivity (Wildman–Crippen MR) is 82.0 cm³/mol. The van der Waals surface area contributed by atoms with Gasteiger partial charge in [0.2, 0.25) is 0 Å². The second kappa shape index (κ2) is 7.99. The Bertz CT molecular complexity index is 247. The van der Waals surface area contributed by atoms with Gasteiger partial charge in [-0.2, -0.15) is 0 Å². The normalized spacial score (nSPS) is 17.9. The Morgan fingerprint density at radius 1 is 1.06 bits per heavy atom. The van der Waals surface area contributed by atoms with Crippen LogP contribution in [0.4, 0.5) is 0 Å². The van der Waals surface area contributed by atoms with Gasteiger partial charge in [-0.1, -0.05) is 58.1 Å². The quantitative estimate of drug-likeness (QED) is 0.453.